The Bertz CT molecular complexity index is 779. The Labute approximate surface area is 129 Å². The van der Waals surface area contributed by atoms with Crippen LogP contribution in [0.2, 0.25) is 0 Å². The number of rotatable bonds is 1. The van der Waals surface area contributed by atoms with Crippen LogP contribution in [0.25, 0.3) is 16.7 Å². The Morgan fingerprint density at radius 1 is 0.905 bits per heavy atom. The van der Waals surface area contributed by atoms with Crippen LogP contribution in [-0.2, 0) is 9.53 Å². The molecule has 1 heterocycles. The summed E-state index contributed by atoms with van der Waals surface area (Å²) in [5.41, 5.74) is 8.31. The zero-order valence-corrected chi connectivity index (χ0v) is 12.4. The fourth-order valence-corrected chi connectivity index (χ4v) is 2.50. The number of hydrogen-bond acceptors (Lipinski definition) is 4. The first-order chi connectivity index (χ1) is 10.1. The van der Waals surface area contributed by atoms with E-state index in [9.17, 15) is 9.59 Å². The van der Waals surface area contributed by atoms with Crippen LogP contribution in [0.15, 0.2) is 53.1 Å². The highest BCUT2D eigenvalue weighted by molar-refractivity contribution is 9.10. The molecule has 0 aliphatic carbocycles. The van der Waals surface area contributed by atoms with E-state index >= 15 is 0 Å². The summed E-state index contributed by atoms with van der Waals surface area (Å²) in [7, 11) is 0. The van der Waals surface area contributed by atoms with Crippen LogP contribution in [0.5, 0.6) is 0 Å². The number of nitrogens with two attached hydrogens (primary N) is 1. The monoisotopic (exact) mass is 343 g/mol. The van der Waals surface area contributed by atoms with Gasteiger partial charge in [-0.15, -0.1) is 0 Å². The highest BCUT2D eigenvalue weighted by Crippen LogP contribution is 2.31. The topological polar surface area (TPSA) is 69.4 Å². The SMILES string of the molecule is NC=C1C(=O)OC(=O)c2cc(-c3ccc(Br)cc3)ccc21. The first-order valence-corrected chi connectivity index (χ1v) is 6.98. The first-order valence-electron chi connectivity index (χ1n) is 6.19. The van der Waals surface area contributed by atoms with E-state index in [0.29, 0.717) is 11.1 Å². The largest absolute Gasteiger partial charge is 0.404 e. The third kappa shape index (κ3) is 2.36. The fraction of sp³-hybridized carbons (Fsp3) is 0. The van der Waals surface area contributed by atoms with E-state index in [1.54, 1.807) is 12.1 Å². The lowest BCUT2D eigenvalue weighted by atomic mass is 9.94. The molecule has 0 bridgehead atoms. The summed E-state index contributed by atoms with van der Waals surface area (Å²) in [6, 6.07) is 13.0. The minimum atomic E-state index is -0.716. The van der Waals surface area contributed by atoms with Gasteiger partial charge in [0.25, 0.3) is 0 Å². The maximum atomic E-state index is 11.9. The lowest BCUT2D eigenvalue weighted by molar-refractivity contribution is -0.131. The van der Waals surface area contributed by atoms with Gasteiger partial charge >= 0.3 is 11.9 Å². The van der Waals surface area contributed by atoms with E-state index in [1.165, 1.54) is 0 Å². The maximum Gasteiger partial charge on any atom is 0.348 e. The van der Waals surface area contributed by atoms with Gasteiger partial charge in [0.15, 0.2) is 0 Å². The maximum absolute atomic E-state index is 11.9. The lowest BCUT2D eigenvalue weighted by Gasteiger charge is -2.17. The first kappa shape index (κ1) is 13.6. The van der Waals surface area contributed by atoms with Gasteiger partial charge in [0.2, 0.25) is 0 Å². The van der Waals surface area contributed by atoms with E-state index in [2.05, 4.69) is 15.9 Å². The Balaban J connectivity index is 2.13. The molecule has 0 aromatic heterocycles. The van der Waals surface area contributed by atoms with E-state index in [1.807, 2.05) is 30.3 Å². The van der Waals surface area contributed by atoms with Crippen LogP contribution in [0.1, 0.15) is 15.9 Å². The molecule has 0 saturated heterocycles. The summed E-state index contributed by atoms with van der Waals surface area (Å²) in [5.74, 6) is -1.37. The van der Waals surface area contributed by atoms with Crippen LogP contribution in [0, 0.1) is 0 Å². The van der Waals surface area contributed by atoms with Gasteiger partial charge in [0, 0.05) is 16.2 Å². The molecule has 2 aromatic carbocycles. The molecule has 1 aliphatic heterocycles. The molecule has 0 unspecified atom stereocenters. The second-order valence-corrected chi connectivity index (χ2v) is 5.44. The predicted octanol–water partition coefficient (Wildman–Crippen LogP) is 3.11. The lowest BCUT2D eigenvalue weighted by Crippen LogP contribution is -2.22. The smallest absolute Gasteiger partial charge is 0.348 e. The van der Waals surface area contributed by atoms with Crippen molar-refractivity contribution in [3.05, 3.63) is 64.3 Å². The second kappa shape index (κ2) is 5.18. The van der Waals surface area contributed by atoms with Crippen molar-refractivity contribution in [2.45, 2.75) is 0 Å². The van der Waals surface area contributed by atoms with E-state index in [4.69, 9.17) is 10.5 Å². The predicted molar refractivity (Wildman–Crippen MR) is 82.2 cm³/mol. The molecule has 2 N–H and O–H groups in total. The molecule has 0 amide bonds. The van der Waals surface area contributed by atoms with Gasteiger partial charge in [-0.05, 0) is 29.3 Å². The molecule has 0 radical (unpaired) electrons. The molecule has 1 aliphatic rings. The van der Waals surface area contributed by atoms with Gasteiger partial charge in [-0.3, -0.25) is 0 Å². The third-order valence-electron chi connectivity index (χ3n) is 3.28. The average molecular weight is 344 g/mol. The number of carbonyl (C=O) groups excluding carboxylic acids is 2. The molecule has 104 valence electrons. The number of ether oxygens (including phenoxy) is 1. The highest BCUT2D eigenvalue weighted by Gasteiger charge is 2.29. The zero-order chi connectivity index (χ0) is 15.0. The Kier molecular flexibility index (Phi) is 3.35. The highest BCUT2D eigenvalue weighted by atomic mass is 79.9. The standard InChI is InChI=1S/C16H10BrNO3/c17-11-4-1-9(2-5-11)10-3-6-12-13(7-10)15(19)21-16(20)14(12)8-18/h1-8H,18H2. The van der Waals surface area contributed by atoms with Crippen molar-refractivity contribution in [2.24, 2.45) is 5.73 Å². The van der Waals surface area contributed by atoms with Crippen LogP contribution in [0.4, 0.5) is 0 Å². The van der Waals surface area contributed by atoms with Gasteiger partial charge in [-0.2, -0.15) is 0 Å². The molecule has 0 spiro atoms. The number of benzene rings is 2. The summed E-state index contributed by atoms with van der Waals surface area (Å²) >= 11 is 3.38. The molecule has 5 heteroatoms. The van der Waals surface area contributed by atoms with Crippen molar-refractivity contribution in [1.82, 2.24) is 0 Å². The number of fused-ring (bicyclic) bond motifs is 1. The Morgan fingerprint density at radius 3 is 2.24 bits per heavy atom. The molecule has 0 fully saturated rings. The fourth-order valence-electron chi connectivity index (χ4n) is 2.23. The zero-order valence-electron chi connectivity index (χ0n) is 10.8. The number of carbonyl (C=O) groups is 2. The second-order valence-electron chi connectivity index (χ2n) is 4.52. The van der Waals surface area contributed by atoms with Crippen molar-refractivity contribution >= 4 is 33.4 Å². The van der Waals surface area contributed by atoms with Gasteiger partial charge in [0.05, 0.1) is 11.1 Å². The van der Waals surface area contributed by atoms with Crippen molar-refractivity contribution < 1.29 is 14.3 Å². The summed E-state index contributed by atoms with van der Waals surface area (Å²) < 4.78 is 5.67. The number of esters is 2. The molecule has 0 atom stereocenters. The number of hydrogen-bond donors (Lipinski definition) is 1. The van der Waals surface area contributed by atoms with Gasteiger partial charge in [-0.25, -0.2) is 9.59 Å². The molecule has 21 heavy (non-hydrogen) atoms. The van der Waals surface area contributed by atoms with Crippen LogP contribution < -0.4 is 5.73 Å². The van der Waals surface area contributed by atoms with Crippen molar-refractivity contribution in [1.29, 1.82) is 0 Å². The van der Waals surface area contributed by atoms with Crippen LogP contribution in [-0.4, -0.2) is 11.9 Å². The van der Waals surface area contributed by atoms with Crippen molar-refractivity contribution in [3.63, 3.8) is 0 Å². The average Bonchev–Trinajstić information content (AvgIpc) is 2.48. The van der Waals surface area contributed by atoms with Gasteiger partial charge < -0.3 is 10.5 Å². The van der Waals surface area contributed by atoms with Crippen molar-refractivity contribution in [3.8, 4) is 11.1 Å². The minimum Gasteiger partial charge on any atom is -0.404 e. The summed E-state index contributed by atoms with van der Waals surface area (Å²) in [4.78, 5) is 23.5. The van der Waals surface area contributed by atoms with Gasteiger partial charge in [0.1, 0.15) is 0 Å². The molecule has 2 aromatic rings. The van der Waals surface area contributed by atoms with Crippen LogP contribution in [0.3, 0.4) is 0 Å². The summed E-state index contributed by atoms with van der Waals surface area (Å²) in [6.45, 7) is 0. The Morgan fingerprint density at radius 2 is 1.57 bits per heavy atom. The van der Waals surface area contributed by atoms with Gasteiger partial charge in [-0.1, -0.05) is 40.2 Å². The number of cyclic esters (lactones) is 2. The quantitative estimate of drug-likeness (QED) is 0.490. The molecular formula is C16H10BrNO3. The molecule has 3 rings (SSSR count). The molecular weight excluding hydrogens is 334 g/mol. The molecule has 0 saturated carbocycles. The van der Waals surface area contributed by atoms with E-state index < -0.39 is 11.9 Å². The summed E-state index contributed by atoms with van der Waals surface area (Å²) in [6.07, 6.45) is 1.16. The third-order valence-corrected chi connectivity index (χ3v) is 3.81. The summed E-state index contributed by atoms with van der Waals surface area (Å²) in [5, 5.41) is 0. The normalized spacial score (nSPS) is 15.8. The van der Waals surface area contributed by atoms with E-state index in [-0.39, 0.29) is 5.57 Å². The van der Waals surface area contributed by atoms with Crippen molar-refractivity contribution in [2.75, 3.05) is 0 Å². The number of halogens is 1. The molecule has 4 nitrogen and oxygen atoms in total. The Hall–Kier alpha value is -2.40. The van der Waals surface area contributed by atoms with Crippen LogP contribution >= 0.6 is 15.9 Å². The minimum absolute atomic E-state index is 0.201. The van der Waals surface area contributed by atoms with E-state index in [0.717, 1.165) is 21.8 Å².